The topological polar surface area (TPSA) is 49.4 Å². The number of amides is 2. The van der Waals surface area contributed by atoms with Crippen molar-refractivity contribution in [3.63, 3.8) is 0 Å². The van der Waals surface area contributed by atoms with Crippen LogP contribution < -0.4 is 5.32 Å². The fourth-order valence-electron chi connectivity index (χ4n) is 4.40. The summed E-state index contributed by atoms with van der Waals surface area (Å²) in [6, 6.07) is 31.6. The summed E-state index contributed by atoms with van der Waals surface area (Å²) < 4.78 is 0.974. The lowest BCUT2D eigenvalue weighted by Crippen LogP contribution is -2.49. The molecule has 1 N–H and O–H groups in total. The van der Waals surface area contributed by atoms with Crippen molar-refractivity contribution >= 4 is 38.5 Å². The van der Waals surface area contributed by atoms with Crippen molar-refractivity contribution in [2.24, 2.45) is 0 Å². The lowest BCUT2D eigenvalue weighted by molar-refractivity contribution is -0.141. The minimum Gasteiger partial charge on any atom is -0.357 e. The Hall–Kier alpha value is -3.44. The van der Waals surface area contributed by atoms with Gasteiger partial charge in [-0.05, 0) is 46.0 Å². The Morgan fingerprint density at radius 3 is 2.26 bits per heavy atom. The third kappa shape index (κ3) is 6.37. The summed E-state index contributed by atoms with van der Waals surface area (Å²) in [7, 11) is 1.62. The molecule has 0 saturated carbocycles. The molecule has 5 heteroatoms. The van der Waals surface area contributed by atoms with E-state index >= 15 is 0 Å². The maximum absolute atomic E-state index is 13.7. The summed E-state index contributed by atoms with van der Waals surface area (Å²) in [6.07, 6.45) is 1.40. The number of rotatable bonds is 9. The van der Waals surface area contributed by atoms with Gasteiger partial charge in [-0.2, -0.15) is 0 Å². The van der Waals surface area contributed by atoms with E-state index in [1.54, 1.807) is 11.9 Å². The van der Waals surface area contributed by atoms with Gasteiger partial charge in [0.15, 0.2) is 0 Å². The number of carbonyl (C=O) groups excluding carboxylic acids is 2. The van der Waals surface area contributed by atoms with Gasteiger partial charge in [0.05, 0.1) is 0 Å². The Bertz CT molecular complexity index is 1280. The molecule has 0 saturated heterocycles. The van der Waals surface area contributed by atoms with Crippen LogP contribution in [0.15, 0.2) is 102 Å². The lowest BCUT2D eigenvalue weighted by atomic mass is 9.99. The third-order valence-corrected chi connectivity index (χ3v) is 6.80. The van der Waals surface area contributed by atoms with E-state index < -0.39 is 6.04 Å². The highest BCUT2D eigenvalue weighted by Crippen LogP contribution is 2.22. The molecule has 2 amide bonds. The van der Waals surface area contributed by atoms with Gasteiger partial charge < -0.3 is 10.2 Å². The summed E-state index contributed by atoms with van der Waals surface area (Å²) in [5, 5.41) is 5.10. The van der Waals surface area contributed by atoms with Crippen LogP contribution >= 0.6 is 15.9 Å². The van der Waals surface area contributed by atoms with Crippen molar-refractivity contribution in [3.8, 4) is 0 Å². The van der Waals surface area contributed by atoms with E-state index in [-0.39, 0.29) is 11.8 Å². The molecule has 0 aromatic heterocycles. The third-order valence-electron chi connectivity index (χ3n) is 6.27. The van der Waals surface area contributed by atoms with Crippen LogP contribution in [-0.2, 0) is 29.0 Å². The van der Waals surface area contributed by atoms with Gasteiger partial charge in [-0.25, -0.2) is 0 Å². The van der Waals surface area contributed by atoms with Crippen molar-refractivity contribution in [1.29, 1.82) is 0 Å². The van der Waals surface area contributed by atoms with Crippen molar-refractivity contribution in [1.82, 2.24) is 10.2 Å². The van der Waals surface area contributed by atoms with Gasteiger partial charge in [-0.15, -0.1) is 0 Å². The maximum Gasteiger partial charge on any atom is 0.242 e. The zero-order chi connectivity index (χ0) is 24.6. The van der Waals surface area contributed by atoms with E-state index in [9.17, 15) is 9.59 Å². The number of hydrogen-bond acceptors (Lipinski definition) is 2. The van der Waals surface area contributed by atoms with E-state index in [0.717, 1.165) is 31.9 Å². The number of nitrogens with one attached hydrogen (secondary N) is 1. The molecule has 1 atom stereocenters. The largest absolute Gasteiger partial charge is 0.357 e. The van der Waals surface area contributed by atoms with Crippen LogP contribution in [0.2, 0.25) is 0 Å². The molecule has 1 unspecified atom stereocenters. The number of aryl methyl sites for hydroxylation is 1. The molecule has 0 aliphatic rings. The predicted molar refractivity (Wildman–Crippen MR) is 145 cm³/mol. The van der Waals surface area contributed by atoms with E-state index in [1.807, 2.05) is 72.8 Å². The van der Waals surface area contributed by atoms with Gasteiger partial charge in [-0.3, -0.25) is 9.59 Å². The molecular formula is C30H29BrN2O2. The number of fused-ring (bicyclic) bond motifs is 1. The minimum atomic E-state index is -0.605. The molecule has 0 radical (unpaired) electrons. The number of carbonyl (C=O) groups is 2. The first-order valence-electron chi connectivity index (χ1n) is 11.8. The van der Waals surface area contributed by atoms with Gasteiger partial charge >= 0.3 is 0 Å². The highest BCUT2D eigenvalue weighted by Gasteiger charge is 2.29. The standard InChI is InChI=1S/C30H29BrN2O2/c1-32-30(35)28(20-22-8-3-2-4-9-22)33(21-23-14-17-26(31)18-15-23)29(34)19-16-25-12-7-11-24-10-5-6-13-27(24)25/h2-15,17-18,28H,16,19-21H2,1H3,(H,32,35). The lowest BCUT2D eigenvalue weighted by Gasteiger charge is -2.31. The second kappa shape index (κ2) is 11.8. The second-order valence-electron chi connectivity index (χ2n) is 8.61. The molecule has 35 heavy (non-hydrogen) atoms. The summed E-state index contributed by atoms with van der Waals surface area (Å²) in [4.78, 5) is 28.5. The van der Waals surface area contributed by atoms with Gasteiger partial charge in [0.25, 0.3) is 0 Å². The van der Waals surface area contributed by atoms with E-state index in [1.165, 1.54) is 0 Å². The van der Waals surface area contributed by atoms with Crippen molar-refractivity contribution < 1.29 is 9.59 Å². The molecular weight excluding hydrogens is 500 g/mol. The van der Waals surface area contributed by atoms with E-state index in [2.05, 4.69) is 45.5 Å². The van der Waals surface area contributed by atoms with Crippen molar-refractivity contribution in [2.75, 3.05) is 7.05 Å². The van der Waals surface area contributed by atoms with Gasteiger partial charge in [0, 0.05) is 30.9 Å². The molecule has 4 rings (SSSR count). The van der Waals surface area contributed by atoms with Gasteiger partial charge in [-0.1, -0.05) is 101 Å². The van der Waals surface area contributed by atoms with E-state index in [0.29, 0.717) is 25.8 Å². The Labute approximate surface area is 215 Å². The zero-order valence-corrected chi connectivity index (χ0v) is 21.4. The minimum absolute atomic E-state index is 0.0367. The molecule has 178 valence electrons. The van der Waals surface area contributed by atoms with Crippen LogP contribution in [0.4, 0.5) is 0 Å². The molecule has 4 nitrogen and oxygen atoms in total. The van der Waals surface area contributed by atoms with Crippen LogP contribution in [0.25, 0.3) is 10.8 Å². The quantitative estimate of drug-likeness (QED) is 0.293. The zero-order valence-electron chi connectivity index (χ0n) is 19.8. The van der Waals surface area contributed by atoms with Crippen LogP contribution in [0.1, 0.15) is 23.1 Å². The number of nitrogens with zero attached hydrogens (tertiary/aromatic N) is 1. The monoisotopic (exact) mass is 528 g/mol. The Kier molecular flexibility index (Phi) is 8.32. The number of benzene rings is 4. The highest BCUT2D eigenvalue weighted by molar-refractivity contribution is 9.10. The number of likely N-dealkylation sites (N-methyl/N-ethyl adjacent to an activating group) is 1. The first-order valence-corrected chi connectivity index (χ1v) is 12.6. The maximum atomic E-state index is 13.7. The van der Waals surface area contributed by atoms with Crippen molar-refractivity contribution in [2.45, 2.75) is 31.8 Å². The fraction of sp³-hybridized carbons (Fsp3) is 0.200. The van der Waals surface area contributed by atoms with Crippen molar-refractivity contribution in [3.05, 3.63) is 118 Å². The van der Waals surface area contributed by atoms with Crippen LogP contribution in [0, 0.1) is 0 Å². The van der Waals surface area contributed by atoms with Gasteiger partial charge in [0.1, 0.15) is 6.04 Å². The van der Waals surface area contributed by atoms with Crippen LogP contribution in [0.5, 0.6) is 0 Å². The van der Waals surface area contributed by atoms with Crippen LogP contribution in [-0.4, -0.2) is 29.8 Å². The van der Waals surface area contributed by atoms with Crippen LogP contribution in [0.3, 0.4) is 0 Å². The SMILES string of the molecule is CNC(=O)C(Cc1ccccc1)N(Cc1ccc(Br)cc1)C(=O)CCc1cccc2ccccc12. The summed E-state index contributed by atoms with van der Waals surface area (Å²) in [5.74, 6) is -0.199. The highest BCUT2D eigenvalue weighted by atomic mass is 79.9. The number of halogens is 1. The molecule has 0 spiro atoms. The fourth-order valence-corrected chi connectivity index (χ4v) is 4.67. The smallest absolute Gasteiger partial charge is 0.242 e. The molecule has 0 fully saturated rings. The molecule has 4 aromatic rings. The van der Waals surface area contributed by atoms with Gasteiger partial charge in [0.2, 0.25) is 11.8 Å². The second-order valence-corrected chi connectivity index (χ2v) is 9.52. The Balaban J connectivity index is 1.61. The first kappa shape index (κ1) is 24.7. The Morgan fingerprint density at radius 2 is 1.51 bits per heavy atom. The average molecular weight is 529 g/mol. The predicted octanol–water partition coefficient (Wildman–Crippen LogP) is 5.92. The average Bonchev–Trinajstić information content (AvgIpc) is 2.90. The summed E-state index contributed by atoms with van der Waals surface area (Å²) in [5.41, 5.74) is 3.14. The number of hydrogen-bond donors (Lipinski definition) is 1. The molecule has 0 aliphatic carbocycles. The summed E-state index contributed by atoms with van der Waals surface area (Å²) in [6.45, 7) is 0.368. The first-order chi connectivity index (χ1) is 17.0. The molecule has 0 heterocycles. The summed E-state index contributed by atoms with van der Waals surface area (Å²) >= 11 is 3.47. The molecule has 0 aliphatic heterocycles. The Morgan fingerprint density at radius 1 is 0.829 bits per heavy atom. The normalized spacial score (nSPS) is 11.7. The molecule has 4 aromatic carbocycles. The van der Waals surface area contributed by atoms with E-state index in [4.69, 9.17) is 0 Å². The molecule has 0 bridgehead atoms.